The van der Waals surface area contributed by atoms with Gasteiger partial charge in [-0.2, -0.15) is 0 Å². The Balaban J connectivity index is 1.24. The molecule has 2 N–H and O–H groups in total. The Bertz CT molecular complexity index is 1100. The van der Waals surface area contributed by atoms with E-state index in [0.29, 0.717) is 49.0 Å². The first-order valence-electron chi connectivity index (χ1n) is 11.0. The normalized spacial score (nSPS) is 14.6. The van der Waals surface area contributed by atoms with Gasteiger partial charge >= 0.3 is 0 Å². The van der Waals surface area contributed by atoms with Gasteiger partial charge in [0.25, 0.3) is 0 Å². The monoisotopic (exact) mass is 464 g/mol. The van der Waals surface area contributed by atoms with Gasteiger partial charge in [0, 0.05) is 16.9 Å². The van der Waals surface area contributed by atoms with Gasteiger partial charge in [-0.15, -0.1) is 11.3 Å². The van der Waals surface area contributed by atoms with Crippen molar-refractivity contribution < 1.29 is 14.3 Å². The predicted octanol–water partition coefficient (Wildman–Crippen LogP) is 4.42. The number of para-hydroxylation sites is 2. The predicted molar refractivity (Wildman–Crippen MR) is 132 cm³/mol. The van der Waals surface area contributed by atoms with Crippen molar-refractivity contribution in [3.8, 4) is 17.0 Å². The molecule has 4 rings (SSSR count). The zero-order chi connectivity index (χ0) is 23.2. The van der Waals surface area contributed by atoms with Crippen LogP contribution in [0, 0.1) is 12.8 Å². The summed E-state index contributed by atoms with van der Waals surface area (Å²) in [6.45, 7) is 3.74. The van der Waals surface area contributed by atoms with Gasteiger partial charge in [0.05, 0.1) is 25.0 Å². The third-order valence-electron chi connectivity index (χ3n) is 5.79. The fourth-order valence-electron chi connectivity index (χ4n) is 3.89. The summed E-state index contributed by atoms with van der Waals surface area (Å²) >= 11 is 1.42. The molecule has 1 aromatic heterocycles. The highest BCUT2D eigenvalue weighted by Crippen LogP contribution is 2.27. The molecule has 33 heavy (non-hydrogen) atoms. The topological polar surface area (TPSA) is 83.6 Å². The van der Waals surface area contributed by atoms with Crippen LogP contribution in [-0.4, -0.2) is 48.4 Å². The quantitative estimate of drug-likeness (QED) is 0.541. The van der Waals surface area contributed by atoms with Gasteiger partial charge in [0.15, 0.2) is 5.13 Å². The van der Waals surface area contributed by atoms with Crippen LogP contribution in [0.2, 0.25) is 0 Å². The van der Waals surface area contributed by atoms with E-state index in [1.54, 1.807) is 7.11 Å². The first kappa shape index (κ1) is 22.9. The van der Waals surface area contributed by atoms with Crippen LogP contribution in [0.3, 0.4) is 0 Å². The SMILES string of the molecule is COc1ccccc1NC(=O)C1CCN(CC(=O)Nc2nc(-c3ccc(C)cc3)cs2)CC1. The lowest BCUT2D eigenvalue weighted by atomic mass is 9.95. The molecule has 172 valence electrons. The molecule has 0 unspecified atom stereocenters. The number of likely N-dealkylation sites (tertiary alicyclic amines) is 1. The molecule has 1 fully saturated rings. The largest absolute Gasteiger partial charge is 0.495 e. The molecule has 0 atom stereocenters. The summed E-state index contributed by atoms with van der Waals surface area (Å²) in [5, 5.41) is 8.42. The summed E-state index contributed by atoms with van der Waals surface area (Å²) in [7, 11) is 1.59. The average molecular weight is 465 g/mol. The van der Waals surface area contributed by atoms with Crippen LogP contribution in [0.25, 0.3) is 11.3 Å². The molecule has 2 aromatic carbocycles. The summed E-state index contributed by atoms with van der Waals surface area (Å²) in [4.78, 5) is 31.8. The van der Waals surface area contributed by atoms with E-state index in [4.69, 9.17) is 4.74 Å². The Morgan fingerprint density at radius 2 is 1.82 bits per heavy atom. The second-order valence-electron chi connectivity index (χ2n) is 8.19. The third-order valence-corrected chi connectivity index (χ3v) is 6.55. The van der Waals surface area contributed by atoms with E-state index in [1.807, 2.05) is 60.8 Å². The number of amides is 2. The summed E-state index contributed by atoms with van der Waals surface area (Å²) in [5.74, 6) is 0.477. The fourth-order valence-corrected chi connectivity index (χ4v) is 4.62. The van der Waals surface area contributed by atoms with Crippen molar-refractivity contribution in [2.45, 2.75) is 19.8 Å². The van der Waals surface area contributed by atoms with Gasteiger partial charge < -0.3 is 15.4 Å². The van der Waals surface area contributed by atoms with Crippen molar-refractivity contribution in [1.82, 2.24) is 9.88 Å². The number of aromatic nitrogens is 1. The molecule has 1 aliphatic rings. The maximum atomic E-state index is 12.7. The number of carbonyl (C=O) groups is 2. The highest BCUT2D eigenvalue weighted by atomic mass is 32.1. The van der Waals surface area contributed by atoms with Gasteiger partial charge in [-0.3, -0.25) is 14.5 Å². The first-order chi connectivity index (χ1) is 16.0. The molecule has 3 aromatic rings. The summed E-state index contributed by atoms with van der Waals surface area (Å²) in [5.41, 5.74) is 3.77. The Morgan fingerprint density at radius 1 is 1.09 bits per heavy atom. The van der Waals surface area contributed by atoms with Crippen molar-refractivity contribution in [3.05, 3.63) is 59.5 Å². The fraction of sp³-hybridized carbons (Fsp3) is 0.320. The van der Waals surface area contributed by atoms with Crippen LogP contribution in [0.5, 0.6) is 5.75 Å². The van der Waals surface area contributed by atoms with Crippen molar-refractivity contribution in [1.29, 1.82) is 0 Å². The number of nitrogens with one attached hydrogen (secondary N) is 2. The number of ether oxygens (including phenoxy) is 1. The van der Waals surface area contributed by atoms with E-state index in [1.165, 1.54) is 16.9 Å². The Labute approximate surface area is 197 Å². The molecule has 0 aliphatic carbocycles. The number of carbonyl (C=O) groups excluding carboxylic acids is 2. The number of hydrogen-bond donors (Lipinski definition) is 2. The van der Waals surface area contributed by atoms with E-state index < -0.39 is 0 Å². The summed E-state index contributed by atoms with van der Waals surface area (Å²) in [6.07, 6.45) is 1.42. The van der Waals surface area contributed by atoms with Crippen LogP contribution in [0.1, 0.15) is 18.4 Å². The second-order valence-corrected chi connectivity index (χ2v) is 9.05. The number of hydrogen-bond acceptors (Lipinski definition) is 6. The molecule has 2 heterocycles. The Morgan fingerprint density at radius 3 is 2.55 bits per heavy atom. The highest BCUT2D eigenvalue weighted by molar-refractivity contribution is 7.14. The van der Waals surface area contributed by atoms with E-state index in [0.717, 1.165) is 11.3 Å². The number of benzene rings is 2. The zero-order valence-electron chi connectivity index (χ0n) is 18.8. The number of piperidine rings is 1. The van der Waals surface area contributed by atoms with Crippen LogP contribution >= 0.6 is 11.3 Å². The number of nitrogens with zero attached hydrogens (tertiary/aromatic N) is 2. The number of anilines is 2. The smallest absolute Gasteiger partial charge is 0.240 e. The molecule has 0 spiro atoms. The standard InChI is InChI=1S/C25H28N4O3S/c1-17-7-9-18(10-8-17)21-16-33-25(27-21)28-23(30)15-29-13-11-19(12-14-29)24(31)26-20-5-3-4-6-22(20)32-2/h3-10,16,19H,11-15H2,1-2H3,(H,26,31)(H,27,28,30). The van der Waals surface area contributed by atoms with Crippen LogP contribution in [0.15, 0.2) is 53.9 Å². The number of rotatable bonds is 7. The van der Waals surface area contributed by atoms with Crippen molar-refractivity contribution in [3.63, 3.8) is 0 Å². The molecular weight excluding hydrogens is 436 g/mol. The molecule has 1 saturated heterocycles. The van der Waals surface area contributed by atoms with Crippen molar-refractivity contribution in [2.75, 3.05) is 37.4 Å². The number of methoxy groups -OCH3 is 1. The highest BCUT2D eigenvalue weighted by Gasteiger charge is 2.26. The van der Waals surface area contributed by atoms with Gasteiger partial charge in [-0.05, 0) is 45.0 Å². The number of aryl methyl sites for hydroxylation is 1. The molecule has 0 radical (unpaired) electrons. The molecular formula is C25H28N4O3S. The zero-order valence-corrected chi connectivity index (χ0v) is 19.7. The van der Waals surface area contributed by atoms with Gasteiger partial charge in [-0.25, -0.2) is 4.98 Å². The molecule has 0 saturated carbocycles. The van der Waals surface area contributed by atoms with Crippen LogP contribution in [-0.2, 0) is 9.59 Å². The van der Waals surface area contributed by atoms with E-state index in [2.05, 4.69) is 20.5 Å². The summed E-state index contributed by atoms with van der Waals surface area (Å²) < 4.78 is 5.30. The minimum Gasteiger partial charge on any atom is -0.495 e. The van der Waals surface area contributed by atoms with Gasteiger partial charge in [0.2, 0.25) is 11.8 Å². The maximum absolute atomic E-state index is 12.7. The van der Waals surface area contributed by atoms with Gasteiger partial charge in [-0.1, -0.05) is 42.0 Å². The molecule has 8 heteroatoms. The molecule has 2 amide bonds. The lowest BCUT2D eigenvalue weighted by Gasteiger charge is -2.30. The van der Waals surface area contributed by atoms with Crippen molar-refractivity contribution >= 4 is 34.0 Å². The Hall–Kier alpha value is -3.23. The second kappa shape index (κ2) is 10.6. The maximum Gasteiger partial charge on any atom is 0.240 e. The minimum absolute atomic E-state index is 0.00461. The van der Waals surface area contributed by atoms with E-state index >= 15 is 0 Å². The lowest BCUT2D eigenvalue weighted by molar-refractivity contribution is -0.121. The van der Waals surface area contributed by atoms with Crippen LogP contribution in [0.4, 0.5) is 10.8 Å². The van der Waals surface area contributed by atoms with Crippen LogP contribution < -0.4 is 15.4 Å². The van der Waals surface area contributed by atoms with Crippen molar-refractivity contribution in [2.24, 2.45) is 5.92 Å². The number of thiazole rings is 1. The minimum atomic E-state index is -0.0864. The Kier molecular flexibility index (Phi) is 7.36. The molecule has 0 bridgehead atoms. The summed E-state index contributed by atoms with van der Waals surface area (Å²) in [6, 6.07) is 15.6. The average Bonchev–Trinajstić information content (AvgIpc) is 3.28. The third kappa shape index (κ3) is 5.97. The molecule has 7 nitrogen and oxygen atoms in total. The van der Waals surface area contributed by atoms with E-state index in [9.17, 15) is 9.59 Å². The molecule has 1 aliphatic heterocycles. The lowest BCUT2D eigenvalue weighted by Crippen LogP contribution is -2.41. The van der Waals surface area contributed by atoms with Gasteiger partial charge in [0.1, 0.15) is 5.75 Å². The first-order valence-corrected chi connectivity index (χ1v) is 11.9. The van der Waals surface area contributed by atoms with E-state index in [-0.39, 0.29) is 17.7 Å².